The Hall–Kier alpha value is -2.51. The van der Waals surface area contributed by atoms with Gasteiger partial charge in [0.1, 0.15) is 5.69 Å². The van der Waals surface area contributed by atoms with Gasteiger partial charge in [0, 0.05) is 6.20 Å². The summed E-state index contributed by atoms with van der Waals surface area (Å²) in [5, 5.41) is 2.47. The molecule has 1 heterocycles. The smallest absolute Gasteiger partial charge is 0.345 e. The van der Waals surface area contributed by atoms with Crippen LogP contribution in [0.5, 0.6) is 0 Å². The number of carbonyl (C=O) groups is 1. The highest BCUT2D eigenvalue weighted by atomic mass is 19.4. The lowest BCUT2D eigenvalue weighted by atomic mass is 10.1. The van der Waals surface area contributed by atoms with Crippen molar-refractivity contribution in [1.29, 1.82) is 0 Å². The van der Waals surface area contributed by atoms with E-state index >= 15 is 0 Å². The predicted octanol–water partition coefficient (Wildman–Crippen LogP) is 3.87. The minimum atomic E-state index is -4.59. The van der Waals surface area contributed by atoms with Gasteiger partial charge in [-0.3, -0.25) is 9.78 Å². The Morgan fingerprint density at radius 3 is 2.35 bits per heavy atom. The van der Waals surface area contributed by atoms with Gasteiger partial charge >= 0.3 is 6.18 Å². The van der Waals surface area contributed by atoms with Crippen LogP contribution < -0.4 is 5.32 Å². The topological polar surface area (TPSA) is 42.0 Å². The summed E-state index contributed by atoms with van der Waals surface area (Å²) in [5.41, 5.74) is -0.868. The molecule has 1 amide bonds. The summed E-state index contributed by atoms with van der Waals surface area (Å²) in [7, 11) is 0. The molecule has 0 spiro atoms. The molecule has 1 N–H and O–H groups in total. The molecule has 0 fully saturated rings. The monoisotopic (exact) mass is 330 g/mol. The molecule has 0 radical (unpaired) electrons. The van der Waals surface area contributed by atoms with Crippen LogP contribution in [0.25, 0.3) is 0 Å². The van der Waals surface area contributed by atoms with E-state index < -0.39 is 35.5 Å². The van der Waals surface area contributed by atoms with Crippen LogP contribution in [0.1, 0.15) is 34.6 Å². The molecule has 3 nitrogen and oxygen atoms in total. The van der Waals surface area contributed by atoms with Crippen molar-refractivity contribution in [2.45, 2.75) is 19.1 Å². The fourth-order valence-electron chi connectivity index (χ4n) is 1.84. The molecule has 0 aliphatic heterocycles. The third-order valence-corrected chi connectivity index (χ3v) is 3.11. The third kappa shape index (κ3) is 4.02. The fraction of sp³-hybridized carbons (Fsp3) is 0.200. The first-order valence-electron chi connectivity index (χ1n) is 6.47. The number of nitrogens with zero attached hydrogens (tertiary/aromatic N) is 1. The maximum atomic E-state index is 13.2. The van der Waals surface area contributed by atoms with Gasteiger partial charge in [0.25, 0.3) is 5.91 Å². The van der Waals surface area contributed by atoms with Crippen LogP contribution in [0.4, 0.5) is 22.0 Å². The maximum absolute atomic E-state index is 13.2. The molecule has 0 aliphatic carbocycles. The third-order valence-electron chi connectivity index (χ3n) is 3.11. The van der Waals surface area contributed by atoms with Crippen molar-refractivity contribution in [3.8, 4) is 0 Å². The van der Waals surface area contributed by atoms with E-state index in [9.17, 15) is 26.7 Å². The van der Waals surface area contributed by atoms with Gasteiger partial charge in [0.15, 0.2) is 11.6 Å². The molecule has 0 bridgehead atoms. The number of nitrogens with one attached hydrogen (secondary N) is 1. The molecule has 0 aliphatic rings. The first kappa shape index (κ1) is 16.9. The zero-order valence-electron chi connectivity index (χ0n) is 11.8. The molecule has 0 saturated heterocycles. The van der Waals surface area contributed by atoms with Gasteiger partial charge < -0.3 is 5.32 Å². The van der Waals surface area contributed by atoms with Crippen LogP contribution in [0.15, 0.2) is 36.5 Å². The van der Waals surface area contributed by atoms with Gasteiger partial charge in [-0.1, -0.05) is 6.07 Å². The number of aromatic nitrogens is 1. The standard InChI is InChI=1S/C15H11F5N2O/c1-8(9-2-4-11(16)12(17)6-9)22-14(23)10-3-5-13(21-7-10)15(18,19)20/h2-8H,1H3,(H,22,23). The van der Waals surface area contributed by atoms with Gasteiger partial charge in [-0.15, -0.1) is 0 Å². The minimum Gasteiger partial charge on any atom is -0.345 e. The summed E-state index contributed by atoms with van der Waals surface area (Å²) < 4.78 is 63.2. The fourth-order valence-corrected chi connectivity index (χ4v) is 1.84. The molecule has 8 heteroatoms. The minimum absolute atomic E-state index is 0.0765. The van der Waals surface area contributed by atoms with Crippen molar-refractivity contribution in [2.75, 3.05) is 0 Å². The number of hydrogen-bond donors (Lipinski definition) is 1. The quantitative estimate of drug-likeness (QED) is 0.868. The maximum Gasteiger partial charge on any atom is 0.433 e. The largest absolute Gasteiger partial charge is 0.433 e. The van der Waals surface area contributed by atoms with Crippen molar-refractivity contribution in [3.63, 3.8) is 0 Å². The number of rotatable bonds is 3. The van der Waals surface area contributed by atoms with E-state index in [2.05, 4.69) is 10.3 Å². The summed E-state index contributed by atoms with van der Waals surface area (Å²) in [4.78, 5) is 15.1. The van der Waals surface area contributed by atoms with E-state index in [1.807, 2.05) is 0 Å². The zero-order valence-corrected chi connectivity index (χ0v) is 11.8. The molecular weight excluding hydrogens is 319 g/mol. The number of alkyl halides is 3. The second-order valence-corrected chi connectivity index (χ2v) is 4.80. The predicted molar refractivity (Wildman–Crippen MR) is 71.5 cm³/mol. The van der Waals surface area contributed by atoms with E-state index in [0.29, 0.717) is 11.6 Å². The van der Waals surface area contributed by atoms with E-state index in [0.717, 1.165) is 24.4 Å². The van der Waals surface area contributed by atoms with Crippen LogP contribution in [-0.4, -0.2) is 10.9 Å². The van der Waals surface area contributed by atoms with E-state index in [1.165, 1.54) is 13.0 Å². The Morgan fingerprint density at radius 1 is 1.13 bits per heavy atom. The Balaban J connectivity index is 2.10. The lowest BCUT2D eigenvalue weighted by Crippen LogP contribution is -2.27. The highest BCUT2D eigenvalue weighted by Gasteiger charge is 2.32. The average Bonchev–Trinajstić information content (AvgIpc) is 2.49. The zero-order chi connectivity index (χ0) is 17.2. The SMILES string of the molecule is CC(NC(=O)c1ccc(C(F)(F)F)nc1)c1ccc(F)c(F)c1. The first-order valence-corrected chi connectivity index (χ1v) is 6.47. The van der Waals surface area contributed by atoms with Crippen molar-refractivity contribution >= 4 is 5.91 Å². The van der Waals surface area contributed by atoms with Gasteiger partial charge in [0.05, 0.1) is 11.6 Å². The molecule has 2 aromatic rings. The van der Waals surface area contributed by atoms with Crippen molar-refractivity contribution in [3.05, 3.63) is 65.0 Å². The Labute approximate surface area is 128 Å². The number of carbonyl (C=O) groups excluding carboxylic acids is 1. The van der Waals surface area contributed by atoms with Gasteiger partial charge in [-0.2, -0.15) is 13.2 Å². The van der Waals surface area contributed by atoms with Crippen LogP contribution in [0.2, 0.25) is 0 Å². The summed E-state index contributed by atoms with van der Waals surface area (Å²) in [5.74, 6) is -2.75. The normalized spacial score (nSPS) is 12.8. The number of pyridine rings is 1. The second-order valence-electron chi connectivity index (χ2n) is 4.80. The molecule has 1 aromatic heterocycles. The highest BCUT2D eigenvalue weighted by molar-refractivity contribution is 5.94. The number of benzene rings is 1. The number of hydrogen-bond acceptors (Lipinski definition) is 2. The summed E-state index contributed by atoms with van der Waals surface area (Å²) in [6, 6.07) is 4.17. The van der Waals surface area contributed by atoms with E-state index in [-0.39, 0.29) is 5.56 Å². The summed E-state index contributed by atoms with van der Waals surface area (Å²) in [6.07, 6.45) is -3.79. The van der Waals surface area contributed by atoms with Gasteiger partial charge in [-0.25, -0.2) is 8.78 Å². The summed E-state index contributed by atoms with van der Waals surface area (Å²) >= 11 is 0. The van der Waals surface area contributed by atoms with Crippen LogP contribution in [0, 0.1) is 11.6 Å². The van der Waals surface area contributed by atoms with E-state index in [4.69, 9.17) is 0 Å². The van der Waals surface area contributed by atoms with Crippen LogP contribution in [0.3, 0.4) is 0 Å². The van der Waals surface area contributed by atoms with Crippen molar-refractivity contribution in [2.24, 2.45) is 0 Å². The van der Waals surface area contributed by atoms with Crippen LogP contribution in [-0.2, 0) is 6.18 Å². The molecular formula is C15H11F5N2O. The average molecular weight is 330 g/mol. The van der Waals surface area contributed by atoms with Gasteiger partial charge in [-0.05, 0) is 36.8 Å². The molecule has 0 saturated carbocycles. The van der Waals surface area contributed by atoms with Crippen molar-refractivity contribution in [1.82, 2.24) is 10.3 Å². The van der Waals surface area contributed by atoms with Crippen LogP contribution >= 0.6 is 0 Å². The Morgan fingerprint density at radius 2 is 1.83 bits per heavy atom. The number of halogens is 5. The van der Waals surface area contributed by atoms with E-state index in [1.54, 1.807) is 0 Å². The van der Waals surface area contributed by atoms with Gasteiger partial charge in [0.2, 0.25) is 0 Å². The lowest BCUT2D eigenvalue weighted by Gasteiger charge is -2.15. The molecule has 1 aromatic carbocycles. The first-order chi connectivity index (χ1) is 10.7. The Bertz CT molecular complexity index is 713. The van der Waals surface area contributed by atoms with Crippen molar-refractivity contribution < 1.29 is 26.7 Å². The highest BCUT2D eigenvalue weighted by Crippen LogP contribution is 2.27. The molecule has 1 atom stereocenters. The molecule has 2 rings (SSSR count). The Kier molecular flexibility index (Phi) is 4.63. The molecule has 23 heavy (non-hydrogen) atoms. The molecule has 1 unspecified atom stereocenters. The number of amides is 1. The molecule has 122 valence electrons. The second kappa shape index (κ2) is 6.31. The summed E-state index contributed by atoms with van der Waals surface area (Å²) in [6.45, 7) is 1.53. The lowest BCUT2D eigenvalue weighted by molar-refractivity contribution is -0.141.